The van der Waals surface area contributed by atoms with Crippen LogP contribution in [0.15, 0.2) is 67.0 Å². The maximum atomic E-state index is 13.3. The van der Waals surface area contributed by atoms with Crippen molar-refractivity contribution in [3.05, 3.63) is 72.6 Å². The molecule has 1 aromatic carbocycles. The maximum absolute atomic E-state index is 13.3. The van der Waals surface area contributed by atoms with Gasteiger partial charge in [0.25, 0.3) is 0 Å². The van der Waals surface area contributed by atoms with Crippen molar-refractivity contribution >= 4 is 23.4 Å². The lowest BCUT2D eigenvalue weighted by Gasteiger charge is -2.27. The number of rotatable bonds is 5. The van der Waals surface area contributed by atoms with Crippen molar-refractivity contribution < 1.29 is 14.4 Å². The predicted molar refractivity (Wildman–Crippen MR) is 106 cm³/mol. The van der Waals surface area contributed by atoms with Crippen LogP contribution in [0, 0.1) is 23.7 Å². The van der Waals surface area contributed by atoms with Crippen molar-refractivity contribution in [3.8, 4) is 0 Å². The summed E-state index contributed by atoms with van der Waals surface area (Å²) >= 11 is 0. The van der Waals surface area contributed by atoms with E-state index in [9.17, 15) is 14.4 Å². The van der Waals surface area contributed by atoms with Crippen LogP contribution in [0.2, 0.25) is 0 Å². The molecule has 1 aliphatic heterocycles. The molecule has 6 heteroatoms. The number of hydrogen-bond acceptors (Lipinski definition) is 4. The van der Waals surface area contributed by atoms with E-state index < -0.39 is 6.04 Å². The van der Waals surface area contributed by atoms with Crippen molar-refractivity contribution in [1.82, 2.24) is 9.88 Å². The molecule has 0 radical (unpaired) electrons. The third kappa shape index (κ3) is 2.95. The van der Waals surface area contributed by atoms with Crippen LogP contribution in [-0.2, 0) is 20.8 Å². The van der Waals surface area contributed by atoms with Gasteiger partial charge < -0.3 is 5.32 Å². The third-order valence-corrected chi connectivity index (χ3v) is 6.32. The molecule has 2 bridgehead atoms. The summed E-state index contributed by atoms with van der Waals surface area (Å²) < 4.78 is 0. The van der Waals surface area contributed by atoms with E-state index in [2.05, 4.69) is 22.5 Å². The van der Waals surface area contributed by atoms with Crippen LogP contribution in [-0.4, -0.2) is 33.6 Å². The summed E-state index contributed by atoms with van der Waals surface area (Å²) in [4.78, 5) is 45.0. The highest BCUT2D eigenvalue weighted by molar-refractivity contribution is 6.10. The zero-order chi connectivity index (χ0) is 20.0. The number of carbonyl (C=O) groups is 3. The summed E-state index contributed by atoms with van der Waals surface area (Å²) in [5.41, 5.74) is 1.44. The molecule has 0 unspecified atom stereocenters. The van der Waals surface area contributed by atoms with E-state index in [1.165, 1.54) is 4.90 Å². The van der Waals surface area contributed by atoms with Crippen molar-refractivity contribution in [3.63, 3.8) is 0 Å². The Morgan fingerprint density at radius 1 is 1.03 bits per heavy atom. The second kappa shape index (κ2) is 6.95. The Morgan fingerprint density at radius 2 is 1.72 bits per heavy atom. The molecule has 2 aliphatic carbocycles. The molecule has 3 aliphatic rings. The van der Waals surface area contributed by atoms with E-state index in [-0.39, 0.29) is 47.8 Å². The number of carbonyl (C=O) groups excluding carboxylic acids is 3. The SMILES string of the molecule is O=C(Nc1cccnc1)[C@@H](Cc1ccccc1)N1C(=O)[C@@H]2[C@H](C1=O)[C@H]1C=C[C@H]2C1. The minimum Gasteiger partial charge on any atom is -0.323 e. The lowest BCUT2D eigenvalue weighted by atomic mass is 9.85. The summed E-state index contributed by atoms with van der Waals surface area (Å²) in [6.07, 6.45) is 8.43. The quantitative estimate of drug-likeness (QED) is 0.631. The molecule has 1 saturated heterocycles. The van der Waals surface area contributed by atoms with Crippen molar-refractivity contribution in [2.24, 2.45) is 23.7 Å². The summed E-state index contributed by atoms with van der Waals surface area (Å²) in [6.45, 7) is 0. The molecular weight excluding hydrogens is 366 g/mol. The van der Waals surface area contributed by atoms with Crippen LogP contribution in [0.3, 0.4) is 0 Å². The fourth-order valence-electron chi connectivity index (χ4n) is 5.03. The number of nitrogens with one attached hydrogen (secondary N) is 1. The van der Waals surface area contributed by atoms with Gasteiger partial charge >= 0.3 is 0 Å². The van der Waals surface area contributed by atoms with Gasteiger partial charge in [0.2, 0.25) is 17.7 Å². The first-order chi connectivity index (χ1) is 14.1. The standard InChI is InChI=1S/C23H21N3O3/c27-21(25-17-7-4-10-24-13-17)18(11-14-5-2-1-3-6-14)26-22(28)19-15-8-9-16(12-15)20(19)23(26)29/h1-10,13,15-16,18-20H,11-12H2,(H,25,27)/t15-,16-,18+,19-,20+/m0/s1. The molecule has 5 atom stereocenters. The lowest BCUT2D eigenvalue weighted by Crippen LogP contribution is -2.49. The van der Waals surface area contributed by atoms with Gasteiger partial charge in [0.1, 0.15) is 6.04 Å². The summed E-state index contributed by atoms with van der Waals surface area (Å²) in [5.74, 6) is -1.19. The van der Waals surface area contributed by atoms with E-state index in [4.69, 9.17) is 0 Å². The number of pyridine rings is 1. The number of aromatic nitrogens is 1. The summed E-state index contributed by atoms with van der Waals surface area (Å²) in [6, 6.07) is 12.0. The molecule has 2 heterocycles. The number of fused-ring (bicyclic) bond motifs is 5. The number of benzene rings is 1. The van der Waals surface area contributed by atoms with Crippen LogP contribution < -0.4 is 5.32 Å². The van der Waals surface area contributed by atoms with Crippen LogP contribution in [0.25, 0.3) is 0 Å². The van der Waals surface area contributed by atoms with Crippen molar-refractivity contribution in [1.29, 1.82) is 0 Å². The molecule has 2 fully saturated rings. The van der Waals surface area contributed by atoms with Gasteiger partial charge in [0.15, 0.2) is 0 Å². The first-order valence-electron chi connectivity index (χ1n) is 9.93. The Balaban J connectivity index is 1.46. The maximum Gasteiger partial charge on any atom is 0.248 e. The highest BCUT2D eigenvalue weighted by atomic mass is 16.2. The number of amides is 3. The number of nitrogens with zero attached hydrogens (tertiary/aromatic N) is 2. The van der Waals surface area contributed by atoms with E-state index in [0.717, 1.165) is 12.0 Å². The number of allylic oxidation sites excluding steroid dienone is 2. The third-order valence-electron chi connectivity index (χ3n) is 6.32. The van der Waals surface area contributed by atoms with Crippen LogP contribution in [0.4, 0.5) is 5.69 Å². The van der Waals surface area contributed by atoms with Crippen molar-refractivity contribution in [2.45, 2.75) is 18.9 Å². The van der Waals surface area contributed by atoms with Gasteiger partial charge in [-0.2, -0.15) is 0 Å². The fourth-order valence-corrected chi connectivity index (χ4v) is 5.03. The number of anilines is 1. The van der Waals surface area contributed by atoms with Crippen molar-refractivity contribution in [2.75, 3.05) is 5.32 Å². The van der Waals surface area contributed by atoms with Gasteiger partial charge in [0, 0.05) is 12.6 Å². The van der Waals surface area contributed by atoms with Gasteiger partial charge in [-0.25, -0.2) is 0 Å². The van der Waals surface area contributed by atoms with Gasteiger partial charge in [-0.3, -0.25) is 24.3 Å². The minimum absolute atomic E-state index is 0.116. The topological polar surface area (TPSA) is 79.4 Å². The van der Waals surface area contributed by atoms with Gasteiger partial charge in [0.05, 0.1) is 23.7 Å². The van der Waals surface area contributed by atoms with E-state index in [1.807, 2.05) is 30.3 Å². The summed E-state index contributed by atoms with van der Waals surface area (Å²) in [7, 11) is 0. The Morgan fingerprint density at radius 3 is 2.34 bits per heavy atom. The first kappa shape index (κ1) is 17.8. The Labute approximate surface area is 168 Å². The average Bonchev–Trinajstić information content (AvgIpc) is 3.42. The number of hydrogen-bond donors (Lipinski definition) is 1. The Kier molecular flexibility index (Phi) is 4.27. The Bertz CT molecular complexity index is 959. The molecule has 1 N–H and O–H groups in total. The van der Waals surface area contributed by atoms with Crippen LogP contribution in [0.1, 0.15) is 12.0 Å². The largest absolute Gasteiger partial charge is 0.323 e. The van der Waals surface area contributed by atoms with E-state index in [1.54, 1.807) is 24.5 Å². The number of likely N-dealkylation sites (tertiary alicyclic amines) is 1. The second-order valence-corrected chi connectivity index (χ2v) is 7.98. The van der Waals surface area contributed by atoms with Gasteiger partial charge in [-0.1, -0.05) is 42.5 Å². The molecular formula is C23H21N3O3. The zero-order valence-corrected chi connectivity index (χ0v) is 15.8. The molecule has 0 spiro atoms. The summed E-state index contributed by atoms with van der Waals surface area (Å²) in [5, 5.41) is 2.82. The predicted octanol–water partition coefficient (Wildman–Crippen LogP) is 2.44. The van der Waals surface area contributed by atoms with Gasteiger partial charge in [-0.15, -0.1) is 0 Å². The monoisotopic (exact) mass is 387 g/mol. The van der Waals surface area contributed by atoms with Gasteiger partial charge in [-0.05, 0) is 36.0 Å². The molecule has 1 aromatic heterocycles. The van der Waals surface area contributed by atoms with Crippen LogP contribution >= 0.6 is 0 Å². The zero-order valence-electron chi connectivity index (χ0n) is 15.8. The molecule has 5 rings (SSSR count). The highest BCUT2D eigenvalue weighted by Gasteiger charge is 2.61. The second-order valence-electron chi connectivity index (χ2n) is 7.98. The first-order valence-corrected chi connectivity index (χ1v) is 9.93. The Hall–Kier alpha value is -3.28. The molecule has 146 valence electrons. The minimum atomic E-state index is -0.886. The van der Waals surface area contributed by atoms with Crippen LogP contribution in [0.5, 0.6) is 0 Å². The molecule has 1 saturated carbocycles. The van der Waals surface area contributed by atoms with E-state index in [0.29, 0.717) is 5.69 Å². The average molecular weight is 387 g/mol. The van der Waals surface area contributed by atoms with E-state index >= 15 is 0 Å². The normalized spacial score (nSPS) is 27.9. The molecule has 2 aromatic rings. The fraction of sp³-hybridized carbons (Fsp3) is 0.304. The highest BCUT2D eigenvalue weighted by Crippen LogP contribution is 2.53. The number of imide groups is 1. The molecule has 3 amide bonds. The smallest absolute Gasteiger partial charge is 0.248 e. The molecule has 6 nitrogen and oxygen atoms in total. The lowest BCUT2D eigenvalue weighted by molar-refractivity contribution is -0.147. The molecule has 29 heavy (non-hydrogen) atoms.